The van der Waals surface area contributed by atoms with E-state index in [-0.39, 0.29) is 25.5 Å². The van der Waals surface area contributed by atoms with Gasteiger partial charge in [-0.2, -0.15) is 0 Å². The number of hydrogen-bond donors (Lipinski definition) is 1. The Balaban J connectivity index is 1.71. The highest BCUT2D eigenvalue weighted by Crippen LogP contribution is 2.20. The van der Waals surface area contributed by atoms with Crippen molar-refractivity contribution >= 4 is 33.5 Å². The van der Waals surface area contributed by atoms with Gasteiger partial charge in [-0.25, -0.2) is 0 Å². The number of rotatable bonds is 7. The normalized spacial score (nSPS) is 10.3. The first-order valence-corrected chi connectivity index (χ1v) is 9.06. The van der Waals surface area contributed by atoms with E-state index in [1.54, 1.807) is 6.07 Å². The molecule has 1 amide bonds. The van der Waals surface area contributed by atoms with Gasteiger partial charge in [0, 0.05) is 10.2 Å². The first kappa shape index (κ1) is 20.0. The molecule has 0 bridgehead atoms. The largest absolute Gasteiger partial charge is 0.493 e. The average molecular weight is 420 g/mol. The van der Waals surface area contributed by atoms with Gasteiger partial charge >= 0.3 is 5.97 Å². The fraction of sp³-hybridized carbons (Fsp3) is 0.300. The van der Waals surface area contributed by atoms with E-state index < -0.39 is 5.97 Å². The van der Waals surface area contributed by atoms with Crippen LogP contribution in [0.4, 0.5) is 5.69 Å². The Kier molecular flexibility index (Phi) is 7.21. The van der Waals surface area contributed by atoms with Crippen LogP contribution >= 0.6 is 15.9 Å². The lowest BCUT2D eigenvalue weighted by atomic mass is 10.1. The van der Waals surface area contributed by atoms with Gasteiger partial charge in [0.05, 0.1) is 13.0 Å². The van der Waals surface area contributed by atoms with Crippen molar-refractivity contribution in [1.29, 1.82) is 0 Å². The molecule has 1 N–H and O–H groups in total. The van der Waals surface area contributed by atoms with Crippen molar-refractivity contribution in [1.82, 2.24) is 0 Å². The molecule has 0 aliphatic rings. The molecule has 138 valence electrons. The first-order chi connectivity index (χ1) is 12.3. The minimum atomic E-state index is -0.475. The molecule has 0 aliphatic carbocycles. The number of carbonyl (C=O) groups excluding carboxylic acids is 2. The number of benzene rings is 2. The molecule has 0 atom stereocenters. The fourth-order valence-corrected chi connectivity index (χ4v) is 2.49. The van der Waals surface area contributed by atoms with Crippen molar-refractivity contribution in [2.24, 2.45) is 0 Å². The van der Waals surface area contributed by atoms with Gasteiger partial charge < -0.3 is 14.8 Å². The highest BCUT2D eigenvalue weighted by Gasteiger charge is 2.09. The Morgan fingerprint density at radius 2 is 1.81 bits per heavy atom. The number of ether oxygens (including phenoxy) is 2. The molecular weight excluding hydrogens is 398 g/mol. The number of nitrogens with one attached hydrogen (secondary N) is 1. The van der Waals surface area contributed by atoms with Gasteiger partial charge in [-0.3, -0.25) is 9.59 Å². The third-order valence-electron chi connectivity index (χ3n) is 3.71. The number of amides is 1. The minimum absolute atomic E-state index is 0.0814. The molecule has 6 heteroatoms. The van der Waals surface area contributed by atoms with Crippen LogP contribution in [-0.2, 0) is 14.3 Å². The number of aryl methyl sites for hydroxylation is 3. The van der Waals surface area contributed by atoms with E-state index >= 15 is 0 Å². The van der Waals surface area contributed by atoms with E-state index in [1.165, 1.54) is 0 Å². The Hall–Kier alpha value is -2.34. The number of anilines is 1. The molecule has 5 nitrogen and oxygen atoms in total. The fourth-order valence-electron chi connectivity index (χ4n) is 2.24. The zero-order valence-corrected chi connectivity index (χ0v) is 16.7. The van der Waals surface area contributed by atoms with Crippen LogP contribution in [0, 0.1) is 20.8 Å². The van der Waals surface area contributed by atoms with E-state index in [4.69, 9.17) is 9.47 Å². The molecule has 2 aromatic rings. The standard InChI is InChI=1S/C20H22BrNO4/c1-13-4-5-14(2)18(10-13)25-9-8-20(24)26-12-19(23)22-16-6-7-17(21)15(3)11-16/h4-7,10-11H,8-9,12H2,1-3H3,(H,22,23). The third-order valence-corrected chi connectivity index (χ3v) is 4.60. The van der Waals surface area contributed by atoms with Crippen LogP contribution in [-0.4, -0.2) is 25.1 Å². The van der Waals surface area contributed by atoms with E-state index in [2.05, 4.69) is 21.2 Å². The minimum Gasteiger partial charge on any atom is -0.493 e. The molecule has 26 heavy (non-hydrogen) atoms. The summed E-state index contributed by atoms with van der Waals surface area (Å²) in [5.41, 5.74) is 3.76. The lowest BCUT2D eigenvalue weighted by Gasteiger charge is -2.10. The van der Waals surface area contributed by atoms with Gasteiger partial charge in [0.25, 0.3) is 5.91 Å². The van der Waals surface area contributed by atoms with Crippen LogP contribution in [0.3, 0.4) is 0 Å². The van der Waals surface area contributed by atoms with Crippen LogP contribution in [0.2, 0.25) is 0 Å². The topological polar surface area (TPSA) is 64.6 Å². The van der Waals surface area contributed by atoms with Gasteiger partial charge in [0.2, 0.25) is 0 Å². The highest BCUT2D eigenvalue weighted by molar-refractivity contribution is 9.10. The molecule has 0 fully saturated rings. The maximum atomic E-state index is 11.9. The zero-order chi connectivity index (χ0) is 19.1. The summed E-state index contributed by atoms with van der Waals surface area (Å²) in [6.07, 6.45) is 0.0814. The lowest BCUT2D eigenvalue weighted by molar-refractivity contribution is -0.147. The van der Waals surface area contributed by atoms with Crippen LogP contribution in [0.25, 0.3) is 0 Å². The van der Waals surface area contributed by atoms with Crippen LogP contribution in [0.1, 0.15) is 23.1 Å². The Bertz CT molecular complexity index is 804. The summed E-state index contributed by atoms with van der Waals surface area (Å²) in [6, 6.07) is 11.4. The molecule has 0 aromatic heterocycles. The molecule has 0 heterocycles. The SMILES string of the molecule is Cc1ccc(C)c(OCCC(=O)OCC(=O)Nc2ccc(Br)c(C)c2)c1. The highest BCUT2D eigenvalue weighted by atomic mass is 79.9. The van der Waals surface area contributed by atoms with Gasteiger partial charge in [-0.15, -0.1) is 0 Å². The molecule has 0 saturated heterocycles. The lowest BCUT2D eigenvalue weighted by Crippen LogP contribution is -2.21. The predicted molar refractivity (Wildman–Crippen MR) is 104 cm³/mol. The van der Waals surface area contributed by atoms with Gasteiger partial charge in [0.15, 0.2) is 6.61 Å². The zero-order valence-electron chi connectivity index (χ0n) is 15.1. The maximum Gasteiger partial charge on any atom is 0.309 e. The van der Waals surface area contributed by atoms with Crippen LogP contribution in [0.15, 0.2) is 40.9 Å². The summed E-state index contributed by atoms with van der Waals surface area (Å²) in [4.78, 5) is 23.6. The Morgan fingerprint density at radius 1 is 1.04 bits per heavy atom. The van der Waals surface area contributed by atoms with Crippen molar-refractivity contribution in [2.75, 3.05) is 18.5 Å². The summed E-state index contributed by atoms with van der Waals surface area (Å²) in [5, 5.41) is 2.69. The number of halogens is 1. The van der Waals surface area contributed by atoms with E-state index in [0.717, 1.165) is 26.9 Å². The molecule has 2 aromatic carbocycles. The van der Waals surface area contributed by atoms with E-state index in [1.807, 2.05) is 51.1 Å². The third kappa shape index (κ3) is 6.19. The average Bonchev–Trinajstić information content (AvgIpc) is 2.59. The molecule has 2 rings (SSSR count). The molecule has 0 spiro atoms. The Labute approximate surface area is 161 Å². The molecule has 0 unspecified atom stereocenters. The van der Waals surface area contributed by atoms with Crippen molar-refractivity contribution in [2.45, 2.75) is 27.2 Å². The van der Waals surface area contributed by atoms with Crippen molar-refractivity contribution in [3.63, 3.8) is 0 Å². The first-order valence-electron chi connectivity index (χ1n) is 8.27. The summed E-state index contributed by atoms with van der Waals surface area (Å²) >= 11 is 3.40. The van der Waals surface area contributed by atoms with E-state index in [0.29, 0.717) is 5.69 Å². The molecular formula is C20H22BrNO4. The molecule has 0 saturated carbocycles. The second-order valence-electron chi connectivity index (χ2n) is 6.04. The van der Waals surface area contributed by atoms with Crippen molar-refractivity contribution in [3.05, 3.63) is 57.6 Å². The summed E-state index contributed by atoms with van der Waals surface area (Å²) in [7, 11) is 0. The van der Waals surface area contributed by atoms with Gasteiger partial charge in [0.1, 0.15) is 5.75 Å². The second kappa shape index (κ2) is 9.38. The van der Waals surface area contributed by atoms with Crippen molar-refractivity contribution in [3.8, 4) is 5.75 Å². The number of esters is 1. The summed E-state index contributed by atoms with van der Waals surface area (Å²) in [5.74, 6) is -0.103. The second-order valence-corrected chi connectivity index (χ2v) is 6.89. The Morgan fingerprint density at radius 3 is 2.54 bits per heavy atom. The predicted octanol–water partition coefficient (Wildman–Crippen LogP) is 4.33. The molecule has 0 aliphatic heterocycles. The van der Waals surface area contributed by atoms with Crippen LogP contribution in [0.5, 0.6) is 5.75 Å². The monoisotopic (exact) mass is 419 g/mol. The van der Waals surface area contributed by atoms with E-state index in [9.17, 15) is 9.59 Å². The van der Waals surface area contributed by atoms with Crippen LogP contribution < -0.4 is 10.1 Å². The van der Waals surface area contributed by atoms with Gasteiger partial charge in [-0.05, 0) is 61.7 Å². The van der Waals surface area contributed by atoms with Gasteiger partial charge in [-0.1, -0.05) is 28.1 Å². The quantitative estimate of drug-likeness (QED) is 0.678. The smallest absolute Gasteiger partial charge is 0.309 e. The summed E-state index contributed by atoms with van der Waals surface area (Å²) in [6.45, 7) is 5.73. The maximum absolute atomic E-state index is 11.9. The number of carbonyl (C=O) groups is 2. The molecule has 0 radical (unpaired) electrons. The van der Waals surface area contributed by atoms with Crippen molar-refractivity contribution < 1.29 is 19.1 Å². The summed E-state index contributed by atoms with van der Waals surface area (Å²) < 4.78 is 11.6. The number of hydrogen-bond acceptors (Lipinski definition) is 4.